The zero-order chi connectivity index (χ0) is 18.1. The molecule has 2 rings (SSSR count). The van der Waals surface area contributed by atoms with Crippen LogP contribution < -0.4 is 14.8 Å². The van der Waals surface area contributed by atoms with Gasteiger partial charge in [-0.1, -0.05) is 36.4 Å². The average molecular weight is 345 g/mol. The summed E-state index contributed by atoms with van der Waals surface area (Å²) in [6.07, 6.45) is -0.533. The third kappa shape index (κ3) is 6.06. The second-order valence-corrected chi connectivity index (χ2v) is 5.08. The quantitative estimate of drug-likeness (QED) is 0.764. The molecular weight excluding hydrogens is 326 g/mol. The highest BCUT2D eigenvalue weighted by Gasteiger charge is 2.09. The Kier molecular flexibility index (Phi) is 6.65. The highest BCUT2D eigenvalue weighted by atomic mass is 16.5. The van der Waals surface area contributed by atoms with Gasteiger partial charge in [0.25, 0.3) is 0 Å². The molecule has 0 heterocycles. The molecule has 1 amide bonds. The Morgan fingerprint density at radius 3 is 2.48 bits per heavy atom. The molecule has 2 aromatic rings. The van der Waals surface area contributed by atoms with E-state index in [9.17, 15) is 9.59 Å². The van der Waals surface area contributed by atoms with Gasteiger partial charge in [0.2, 0.25) is 0 Å². The highest BCUT2D eigenvalue weighted by molar-refractivity contribution is 5.69. The molecule has 0 aliphatic rings. The normalized spacial score (nSPS) is 9.96. The number of carboxylic acid groups (broad SMARTS) is 1. The van der Waals surface area contributed by atoms with Crippen LogP contribution in [0.25, 0.3) is 0 Å². The van der Waals surface area contributed by atoms with Gasteiger partial charge in [-0.3, -0.25) is 0 Å². The number of methoxy groups -OCH3 is 1. The first kappa shape index (κ1) is 18.1. The van der Waals surface area contributed by atoms with Crippen molar-refractivity contribution in [3.63, 3.8) is 0 Å². The summed E-state index contributed by atoms with van der Waals surface area (Å²) in [7, 11) is 1.45. The molecule has 7 heteroatoms. The van der Waals surface area contributed by atoms with Crippen molar-refractivity contribution in [3.05, 3.63) is 59.7 Å². The number of amides is 1. The van der Waals surface area contributed by atoms with E-state index in [1.54, 1.807) is 18.2 Å². The Labute approximate surface area is 145 Å². The van der Waals surface area contributed by atoms with Gasteiger partial charge in [0.05, 0.1) is 7.11 Å². The van der Waals surface area contributed by atoms with Gasteiger partial charge in [0.15, 0.2) is 18.1 Å². The summed E-state index contributed by atoms with van der Waals surface area (Å²) in [5.74, 6) is -0.368. The van der Waals surface area contributed by atoms with Crippen LogP contribution in [-0.4, -0.2) is 30.9 Å². The summed E-state index contributed by atoms with van der Waals surface area (Å²) in [5, 5.41) is 11.3. The van der Waals surface area contributed by atoms with Crippen LogP contribution >= 0.6 is 0 Å². The molecule has 0 bridgehead atoms. The van der Waals surface area contributed by atoms with Crippen molar-refractivity contribution in [2.75, 3.05) is 13.7 Å². The van der Waals surface area contributed by atoms with Crippen molar-refractivity contribution >= 4 is 12.1 Å². The largest absolute Gasteiger partial charge is 0.493 e. The molecule has 7 nitrogen and oxygen atoms in total. The monoisotopic (exact) mass is 345 g/mol. The van der Waals surface area contributed by atoms with Crippen LogP contribution in [0.4, 0.5) is 4.79 Å². The van der Waals surface area contributed by atoms with Crippen LogP contribution in [0.15, 0.2) is 48.5 Å². The number of hydrogen-bond donors (Lipinski definition) is 2. The number of ether oxygens (including phenoxy) is 3. The molecule has 0 radical (unpaired) electrons. The Hall–Kier alpha value is -3.22. The maximum Gasteiger partial charge on any atom is 0.407 e. The molecule has 2 aromatic carbocycles. The van der Waals surface area contributed by atoms with Gasteiger partial charge in [-0.15, -0.1) is 0 Å². The van der Waals surface area contributed by atoms with E-state index in [2.05, 4.69) is 5.32 Å². The zero-order valence-electron chi connectivity index (χ0n) is 13.7. The van der Waals surface area contributed by atoms with Crippen LogP contribution in [0.3, 0.4) is 0 Å². The maximum absolute atomic E-state index is 11.7. The number of rotatable bonds is 8. The minimum absolute atomic E-state index is 0.192. The number of hydrogen-bond acceptors (Lipinski definition) is 5. The molecule has 0 saturated carbocycles. The second kappa shape index (κ2) is 9.17. The first-order valence-corrected chi connectivity index (χ1v) is 7.54. The van der Waals surface area contributed by atoms with E-state index < -0.39 is 18.7 Å². The Balaban J connectivity index is 1.85. The summed E-state index contributed by atoms with van der Waals surface area (Å²) in [6.45, 7) is -0.0269. The number of nitrogens with one attached hydrogen (secondary N) is 1. The lowest BCUT2D eigenvalue weighted by molar-refractivity contribution is -0.139. The molecule has 0 unspecified atom stereocenters. The lowest BCUT2D eigenvalue weighted by atomic mass is 10.2. The van der Waals surface area contributed by atoms with Crippen LogP contribution in [0.5, 0.6) is 11.5 Å². The number of carbonyl (C=O) groups excluding carboxylic acids is 1. The molecule has 0 aliphatic heterocycles. The molecule has 0 fully saturated rings. The van der Waals surface area contributed by atoms with Crippen molar-refractivity contribution in [1.29, 1.82) is 0 Å². The van der Waals surface area contributed by atoms with Crippen molar-refractivity contribution in [2.24, 2.45) is 0 Å². The van der Waals surface area contributed by atoms with Crippen LogP contribution in [-0.2, 0) is 22.7 Å². The van der Waals surface area contributed by atoms with Crippen LogP contribution in [0.2, 0.25) is 0 Å². The Morgan fingerprint density at radius 1 is 1.04 bits per heavy atom. The van der Waals surface area contributed by atoms with Gasteiger partial charge in [0.1, 0.15) is 6.61 Å². The SMILES string of the molecule is COc1cc(CNC(=O)OCc2ccccc2)ccc1OCC(=O)O. The molecule has 0 atom stereocenters. The number of alkyl carbamates (subject to hydrolysis) is 1. The number of carboxylic acids is 1. The van der Waals surface area contributed by atoms with Crippen LogP contribution in [0, 0.1) is 0 Å². The molecule has 0 saturated heterocycles. The molecule has 132 valence electrons. The third-order valence-electron chi connectivity index (χ3n) is 3.23. The van der Waals surface area contributed by atoms with E-state index in [4.69, 9.17) is 19.3 Å². The summed E-state index contributed by atoms with van der Waals surface area (Å²) in [4.78, 5) is 22.3. The van der Waals surface area contributed by atoms with Crippen molar-refractivity contribution in [3.8, 4) is 11.5 Å². The van der Waals surface area contributed by atoms with Crippen molar-refractivity contribution in [1.82, 2.24) is 5.32 Å². The van der Waals surface area contributed by atoms with Gasteiger partial charge in [-0.25, -0.2) is 9.59 Å². The Bertz CT molecular complexity index is 717. The number of aliphatic carboxylic acids is 1. The fourth-order valence-corrected chi connectivity index (χ4v) is 2.03. The zero-order valence-corrected chi connectivity index (χ0v) is 13.7. The summed E-state index contributed by atoms with van der Waals surface area (Å²) < 4.78 is 15.4. The molecular formula is C18H19NO6. The van der Waals surface area contributed by atoms with Crippen molar-refractivity contribution < 1.29 is 28.9 Å². The summed E-state index contributed by atoms with van der Waals surface area (Å²) in [5.41, 5.74) is 1.66. The highest BCUT2D eigenvalue weighted by Crippen LogP contribution is 2.28. The second-order valence-electron chi connectivity index (χ2n) is 5.08. The van der Waals surface area contributed by atoms with Crippen molar-refractivity contribution in [2.45, 2.75) is 13.2 Å². The van der Waals surface area contributed by atoms with E-state index in [1.165, 1.54) is 7.11 Å². The summed E-state index contributed by atoms with van der Waals surface area (Å²) in [6, 6.07) is 14.3. The number of carbonyl (C=O) groups is 2. The van der Waals surface area contributed by atoms with E-state index >= 15 is 0 Å². The fourth-order valence-electron chi connectivity index (χ4n) is 2.03. The molecule has 2 N–H and O–H groups in total. The summed E-state index contributed by atoms with van der Waals surface area (Å²) >= 11 is 0. The molecule has 0 aliphatic carbocycles. The smallest absolute Gasteiger partial charge is 0.407 e. The minimum Gasteiger partial charge on any atom is -0.493 e. The molecule has 0 spiro atoms. The van der Waals surface area contributed by atoms with Gasteiger partial charge >= 0.3 is 12.1 Å². The predicted octanol–water partition coefficient (Wildman–Crippen LogP) is 2.58. The maximum atomic E-state index is 11.7. The minimum atomic E-state index is -1.08. The molecule has 0 aromatic heterocycles. The topological polar surface area (TPSA) is 94.1 Å². The number of benzene rings is 2. The molecule has 25 heavy (non-hydrogen) atoms. The van der Waals surface area contributed by atoms with Gasteiger partial charge in [-0.2, -0.15) is 0 Å². The van der Waals surface area contributed by atoms with E-state index in [1.807, 2.05) is 30.3 Å². The lowest BCUT2D eigenvalue weighted by Gasteiger charge is -2.12. The van der Waals surface area contributed by atoms with E-state index in [-0.39, 0.29) is 13.2 Å². The predicted molar refractivity (Wildman–Crippen MR) is 89.6 cm³/mol. The Morgan fingerprint density at radius 2 is 1.80 bits per heavy atom. The average Bonchev–Trinajstić information content (AvgIpc) is 2.64. The lowest BCUT2D eigenvalue weighted by Crippen LogP contribution is -2.23. The fraction of sp³-hybridized carbons (Fsp3) is 0.222. The van der Waals surface area contributed by atoms with Gasteiger partial charge < -0.3 is 24.6 Å². The van der Waals surface area contributed by atoms with Gasteiger partial charge in [0, 0.05) is 6.54 Å². The first-order chi connectivity index (χ1) is 12.1. The standard InChI is InChI=1S/C18H19NO6/c1-23-16-9-14(7-8-15(16)24-12-17(20)21)10-19-18(22)25-11-13-5-3-2-4-6-13/h2-9H,10-12H2,1H3,(H,19,22)(H,20,21). The first-order valence-electron chi connectivity index (χ1n) is 7.54. The van der Waals surface area contributed by atoms with Gasteiger partial charge in [-0.05, 0) is 23.3 Å². The van der Waals surface area contributed by atoms with E-state index in [0.29, 0.717) is 11.5 Å². The van der Waals surface area contributed by atoms with E-state index in [0.717, 1.165) is 11.1 Å². The third-order valence-corrected chi connectivity index (χ3v) is 3.23. The van der Waals surface area contributed by atoms with Crippen LogP contribution in [0.1, 0.15) is 11.1 Å².